The van der Waals surface area contributed by atoms with Gasteiger partial charge in [-0.1, -0.05) is 17.7 Å². The normalized spacial score (nSPS) is 10.9. The highest BCUT2D eigenvalue weighted by molar-refractivity contribution is 7.89. The van der Waals surface area contributed by atoms with E-state index in [2.05, 4.69) is 4.72 Å². The molecule has 22 heavy (non-hydrogen) atoms. The molecule has 0 radical (unpaired) electrons. The van der Waals surface area contributed by atoms with E-state index in [1.54, 1.807) is 0 Å². The highest BCUT2D eigenvalue weighted by atomic mass is 32.2. The standard InChI is InChI=1S/C16H16N2O3S/c1-13-2-6-15(7-3-13)21-11-10-18-22(19,20)16-8-4-14(12-17)5-9-16/h2-9,18H,10-11H2,1H3. The van der Waals surface area contributed by atoms with Gasteiger partial charge in [0.15, 0.2) is 0 Å². The minimum atomic E-state index is -3.59. The van der Waals surface area contributed by atoms with Crippen molar-refractivity contribution < 1.29 is 13.2 Å². The molecular formula is C16H16N2O3S. The number of benzene rings is 2. The molecule has 0 bridgehead atoms. The minimum absolute atomic E-state index is 0.127. The Kier molecular flexibility index (Phi) is 5.15. The molecule has 0 heterocycles. The van der Waals surface area contributed by atoms with E-state index in [1.807, 2.05) is 37.3 Å². The summed E-state index contributed by atoms with van der Waals surface area (Å²) in [4.78, 5) is 0.127. The molecule has 0 aliphatic rings. The van der Waals surface area contributed by atoms with Gasteiger partial charge in [0.25, 0.3) is 0 Å². The molecule has 2 aromatic rings. The maximum absolute atomic E-state index is 12.0. The summed E-state index contributed by atoms with van der Waals surface area (Å²) >= 11 is 0. The lowest BCUT2D eigenvalue weighted by Gasteiger charge is -2.09. The average Bonchev–Trinajstić information content (AvgIpc) is 2.53. The Morgan fingerprint density at radius 3 is 2.32 bits per heavy atom. The molecule has 0 fully saturated rings. The lowest BCUT2D eigenvalue weighted by Crippen LogP contribution is -2.28. The van der Waals surface area contributed by atoms with Crippen molar-refractivity contribution in [3.8, 4) is 11.8 Å². The highest BCUT2D eigenvalue weighted by Crippen LogP contribution is 2.12. The summed E-state index contributed by atoms with van der Waals surface area (Å²) in [6, 6.07) is 15.2. The molecule has 5 nitrogen and oxygen atoms in total. The number of rotatable bonds is 6. The molecule has 2 aromatic carbocycles. The summed E-state index contributed by atoms with van der Waals surface area (Å²) in [5.41, 5.74) is 1.55. The first-order valence-corrected chi connectivity index (χ1v) is 8.19. The van der Waals surface area contributed by atoms with E-state index in [1.165, 1.54) is 24.3 Å². The molecule has 0 aromatic heterocycles. The average molecular weight is 316 g/mol. The molecule has 0 saturated heterocycles. The first-order valence-electron chi connectivity index (χ1n) is 6.70. The van der Waals surface area contributed by atoms with E-state index in [-0.39, 0.29) is 18.0 Å². The largest absolute Gasteiger partial charge is 0.492 e. The van der Waals surface area contributed by atoms with Crippen molar-refractivity contribution in [1.29, 1.82) is 5.26 Å². The van der Waals surface area contributed by atoms with Gasteiger partial charge < -0.3 is 4.74 Å². The van der Waals surface area contributed by atoms with Crippen LogP contribution in [0.15, 0.2) is 53.4 Å². The summed E-state index contributed by atoms with van der Waals surface area (Å²) in [7, 11) is -3.59. The SMILES string of the molecule is Cc1ccc(OCCNS(=O)(=O)c2ccc(C#N)cc2)cc1. The maximum Gasteiger partial charge on any atom is 0.240 e. The van der Waals surface area contributed by atoms with Gasteiger partial charge in [0.05, 0.1) is 16.5 Å². The molecular weight excluding hydrogens is 300 g/mol. The molecule has 0 aliphatic heterocycles. The Hall–Kier alpha value is -2.36. The van der Waals surface area contributed by atoms with Crippen molar-refractivity contribution in [1.82, 2.24) is 4.72 Å². The number of hydrogen-bond acceptors (Lipinski definition) is 4. The number of aryl methyl sites for hydroxylation is 1. The fraction of sp³-hybridized carbons (Fsp3) is 0.188. The van der Waals surface area contributed by atoms with Crippen molar-refractivity contribution >= 4 is 10.0 Å². The monoisotopic (exact) mass is 316 g/mol. The molecule has 1 N–H and O–H groups in total. The van der Waals surface area contributed by atoms with Gasteiger partial charge in [-0.25, -0.2) is 13.1 Å². The fourth-order valence-electron chi connectivity index (χ4n) is 1.77. The third-order valence-electron chi connectivity index (χ3n) is 2.98. The van der Waals surface area contributed by atoms with Crippen molar-refractivity contribution in [2.75, 3.05) is 13.2 Å². The van der Waals surface area contributed by atoms with Crippen LogP contribution in [0, 0.1) is 18.3 Å². The zero-order valence-corrected chi connectivity index (χ0v) is 12.9. The quantitative estimate of drug-likeness (QED) is 0.829. The molecule has 2 rings (SSSR count). The van der Waals surface area contributed by atoms with Gasteiger partial charge in [0, 0.05) is 6.54 Å². The number of nitrogens with zero attached hydrogens (tertiary/aromatic N) is 1. The lowest BCUT2D eigenvalue weighted by molar-refractivity contribution is 0.323. The fourth-order valence-corrected chi connectivity index (χ4v) is 2.78. The molecule has 0 spiro atoms. The van der Waals surface area contributed by atoms with Crippen LogP contribution in [0.2, 0.25) is 0 Å². The van der Waals surface area contributed by atoms with Gasteiger partial charge in [-0.2, -0.15) is 5.26 Å². The first-order chi connectivity index (χ1) is 10.5. The predicted molar refractivity (Wildman–Crippen MR) is 83.0 cm³/mol. The zero-order valence-electron chi connectivity index (χ0n) is 12.1. The van der Waals surface area contributed by atoms with Gasteiger partial charge in [0.1, 0.15) is 12.4 Å². The van der Waals surface area contributed by atoms with Crippen LogP contribution in [0.5, 0.6) is 5.75 Å². The second kappa shape index (κ2) is 7.07. The molecule has 0 unspecified atom stereocenters. The maximum atomic E-state index is 12.0. The number of ether oxygens (including phenoxy) is 1. The Bertz CT molecular complexity index is 761. The summed E-state index contributed by atoms with van der Waals surface area (Å²) in [6.07, 6.45) is 0. The van der Waals surface area contributed by atoms with Gasteiger partial charge in [-0.05, 0) is 43.3 Å². The molecule has 0 amide bonds. The summed E-state index contributed by atoms with van der Waals surface area (Å²) < 4.78 is 32.0. The van der Waals surface area contributed by atoms with E-state index in [0.29, 0.717) is 11.3 Å². The second-order valence-electron chi connectivity index (χ2n) is 4.70. The molecule has 114 valence electrons. The van der Waals surface area contributed by atoms with Crippen molar-refractivity contribution in [3.05, 3.63) is 59.7 Å². The van der Waals surface area contributed by atoms with E-state index in [0.717, 1.165) is 5.56 Å². The van der Waals surface area contributed by atoms with Crippen LogP contribution < -0.4 is 9.46 Å². The summed E-state index contributed by atoms with van der Waals surface area (Å²) in [5, 5.41) is 8.70. The van der Waals surface area contributed by atoms with Crippen LogP contribution in [0.3, 0.4) is 0 Å². The van der Waals surface area contributed by atoms with E-state index in [9.17, 15) is 8.42 Å². The van der Waals surface area contributed by atoms with Gasteiger partial charge in [-0.3, -0.25) is 0 Å². The minimum Gasteiger partial charge on any atom is -0.492 e. The molecule has 6 heteroatoms. The van der Waals surface area contributed by atoms with Crippen molar-refractivity contribution in [3.63, 3.8) is 0 Å². The predicted octanol–water partition coefficient (Wildman–Crippen LogP) is 2.22. The third-order valence-corrected chi connectivity index (χ3v) is 4.45. The Labute approximate surface area is 130 Å². The van der Waals surface area contributed by atoms with Crippen LogP contribution in [0.4, 0.5) is 0 Å². The van der Waals surface area contributed by atoms with E-state index >= 15 is 0 Å². The van der Waals surface area contributed by atoms with Crippen LogP contribution in [0.1, 0.15) is 11.1 Å². The van der Waals surface area contributed by atoms with E-state index in [4.69, 9.17) is 10.00 Å². The lowest BCUT2D eigenvalue weighted by atomic mass is 10.2. The number of nitrogens with one attached hydrogen (secondary N) is 1. The number of hydrogen-bond donors (Lipinski definition) is 1. The third kappa shape index (κ3) is 4.32. The topological polar surface area (TPSA) is 79.2 Å². The van der Waals surface area contributed by atoms with Crippen molar-refractivity contribution in [2.45, 2.75) is 11.8 Å². The summed E-state index contributed by atoms with van der Waals surface area (Å²) in [6.45, 7) is 2.38. The van der Waals surface area contributed by atoms with Gasteiger partial charge >= 0.3 is 0 Å². The highest BCUT2D eigenvalue weighted by Gasteiger charge is 2.12. The number of sulfonamides is 1. The molecule has 0 atom stereocenters. The zero-order chi connectivity index (χ0) is 16.0. The van der Waals surface area contributed by atoms with Gasteiger partial charge in [0.2, 0.25) is 10.0 Å². The van der Waals surface area contributed by atoms with Gasteiger partial charge in [-0.15, -0.1) is 0 Å². The number of nitriles is 1. The Morgan fingerprint density at radius 2 is 1.73 bits per heavy atom. The van der Waals surface area contributed by atoms with Crippen LogP contribution in [-0.2, 0) is 10.0 Å². The Balaban J connectivity index is 1.87. The Morgan fingerprint density at radius 1 is 1.09 bits per heavy atom. The smallest absolute Gasteiger partial charge is 0.240 e. The molecule has 0 aliphatic carbocycles. The van der Waals surface area contributed by atoms with E-state index < -0.39 is 10.0 Å². The van der Waals surface area contributed by atoms with Crippen LogP contribution >= 0.6 is 0 Å². The second-order valence-corrected chi connectivity index (χ2v) is 6.46. The molecule has 0 saturated carbocycles. The van der Waals surface area contributed by atoms with Crippen molar-refractivity contribution in [2.24, 2.45) is 0 Å². The first kappa shape index (κ1) is 16.0. The summed E-state index contributed by atoms with van der Waals surface area (Å²) in [5.74, 6) is 0.697. The van der Waals surface area contributed by atoms with Crippen LogP contribution in [0.25, 0.3) is 0 Å². The van der Waals surface area contributed by atoms with Crippen LogP contribution in [-0.4, -0.2) is 21.6 Å².